The maximum absolute atomic E-state index is 12.6. The van der Waals surface area contributed by atoms with Gasteiger partial charge in [-0.05, 0) is 65.6 Å². The van der Waals surface area contributed by atoms with Gasteiger partial charge in [0.1, 0.15) is 0 Å². The van der Waals surface area contributed by atoms with Crippen molar-refractivity contribution in [3.8, 4) is 11.1 Å². The predicted octanol–water partition coefficient (Wildman–Crippen LogP) is 5.38. The van der Waals surface area contributed by atoms with Crippen LogP contribution in [0.1, 0.15) is 21.5 Å². The van der Waals surface area contributed by atoms with Gasteiger partial charge in [-0.1, -0.05) is 36.4 Å². The highest BCUT2D eigenvalue weighted by Gasteiger charge is 2.11. The van der Waals surface area contributed by atoms with E-state index in [1.165, 1.54) is 12.4 Å². The molecule has 5 rings (SSSR count). The molecule has 2 aromatic heterocycles. The number of hydrogen-bond acceptors (Lipinski definition) is 3. The third-order valence-electron chi connectivity index (χ3n) is 5.51. The van der Waals surface area contributed by atoms with E-state index in [2.05, 4.69) is 22.4 Å². The summed E-state index contributed by atoms with van der Waals surface area (Å²) in [6.45, 7) is 0. The van der Waals surface area contributed by atoms with Crippen molar-refractivity contribution in [1.82, 2.24) is 4.98 Å². The Morgan fingerprint density at radius 2 is 1.67 bits per heavy atom. The zero-order chi connectivity index (χ0) is 22.6. The second-order valence-electron chi connectivity index (χ2n) is 7.86. The van der Waals surface area contributed by atoms with E-state index in [1.54, 1.807) is 18.3 Å². The molecular formula is C28H21N3O2. The van der Waals surface area contributed by atoms with E-state index in [0.717, 1.165) is 43.6 Å². The van der Waals surface area contributed by atoms with Crippen LogP contribution in [0, 0.1) is 5.21 Å². The molecule has 0 spiro atoms. The average molecular weight is 431 g/mol. The van der Waals surface area contributed by atoms with Crippen LogP contribution in [0.4, 0.5) is 5.69 Å². The first-order valence-electron chi connectivity index (χ1n) is 10.7. The van der Waals surface area contributed by atoms with Crippen LogP contribution in [0.2, 0.25) is 0 Å². The summed E-state index contributed by atoms with van der Waals surface area (Å²) in [6, 6.07) is 28.9. The van der Waals surface area contributed by atoms with Crippen LogP contribution in [0.5, 0.6) is 0 Å². The number of pyridine rings is 2. The minimum absolute atomic E-state index is 0.149. The summed E-state index contributed by atoms with van der Waals surface area (Å²) < 4.78 is 0.786. The zero-order valence-corrected chi connectivity index (χ0v) is 17.8. The van der Waals surface area contributed by atoms with Gasteiger partial charge in [-0.25, -0.2) is 0 Å². The van der Waals surface area contributed by atoms with E-state index in [0.29, 0.717) is 12.0 Å². The van der Waals surface area contributed by atoms with Crippen LogP contribution >= 0.6 is 0 Å². The van der Waals surface area contributed by atoms with Crippen LogP contribution < -0.4 is 10.0 Å². The summed E-state index contributed by atoms with van der Waals surface area (Å²) in [5.41, 5.74) is 6.37. The van der Waals surface area contributed by atoms with Gasteiger partial charge in [0.25, 0.3) is 5.91 Å². The molecule has 0 atom stereocenters. The molecule has 0 aliphatic rings. The van der Waals surface area contributed by atoms with Crippen LogP contribution in [-0.2, 0) is 6.42 Å². The van der Waals surface area contributed by atoms with Crippen molar-refractivity contribution in [1.29, 1.82) is 0 Å². The molecule has 3 aromatic carbocycles. The van der Waals surface area contributed by atoms with Gasteiger partial charge in [0, 0.05) is 40.5 Å². The summed E-state index contributed by atoms with van der Waals surface area (Å²) in [5.74, 6) is -0.149. The largest absolute Gasteiger partial charge is 0.619 e. The minimum Gasteiger partial charge on any atom is -0.619 e. The van der Waals surface area contributed by atoms with Crippen molar-refractivity contribution in [2.45, 2.75) is 6.42 Å². The molecule has 0 fully saturated rings. The van der Waals surface area contributed by atoms with Gasteiger partial charge in [-0.2, -0.15) is 4.73 Å². The number of nitrogens with one attached hydrogen (secondary N) is 1. The molecule has 0 radical (unpaired) electrons. The van der Waals surface area contributed by atoms with Crippen LogP contribution in [-0.4, -0.2) is 10.9 Å². The average Bonchev–Trinajstić information content (AvgIpc) is 2.86. The van der Waals surface area contributed by atoms with Crippen LogP contribution in [0.15, 0.2) is 110 Å². The van der Waals surface area contributed by atoms with E-state index < -0.39 is 0 Å². The first-order valence-corrected chi connectivity index (χ1v) is 10.7. The molecule has 0 bridgehead atoms. The van der Waals surface area contributed by atoms with E-state index in [-0.39, 0.29) is 5.91 Å². The highest BCUT2D eigenvalue weighted by Crippen LogP contribution is 2.31. The van der Waals surface area contributed by atoms with Crippen LogP contribution in [0.3, 0.4) is 0 Å². The van der Waals surface area contributed by atoms with E-state index >= 15 is 0 Å². The third-order valence-corrected chi connectivity index (χ3v) is 5.51. The van der Waals surface area contributed by atoms with E-state index in [1.807, 2.05) is 66.7 Å². The Balaban J connectivity index is 1.51. The number of fused-ring (bicyclic) bond motifs is 1. The molecule has 0 saturated heterocycles. The number of nitrogens with zero attached hydrogens (tertiary/aromatic N) is 2. The molecule has 33 heavy (non-hydrogen) atoms. The van der Waals surface area contributed by atoms with Crippen molar-refractivity contribution >= 4 is 22.5 Å². The molecule has 1 N–H and O–H groups in total. The molecule has 0 saturated carbocycles. The lowest BCUT2D eigenvalue weighted by molar-refractivity contribution is -0.605. The van der Waals surface area contributed by atoms with Crippen molar-refractivity contribution in [3.63, 3.8) is 0 Å². The zero-order valence-electron chi connectivity index (χ0n) is 17.8. The topological polar surface area (TPSA) is 68.9 Å². The molecular weight excluding hydrogens is 410 g/mol. The van der Waals surface area contributed by atoms with Crippen molar-refractivity contribution in [3.05, 3.63) is 131 Å². The Morgan fingerprint density at radius 3 is 2.48 bits per heavy atom. The molecule has 0 aliphatic heterocycles. The first kappa shape index (κ1) is 20.4. The Labute approximate surface area is 191 Å². The molecule has 0 unspecified atom stereocenters. The van der Waals surface area contributed by atoms with Gasteiger partial charge in [-0.3, -0.25) is 9.78 Å². The third kappa shape index (κ3) is 4.57. The van der Waals surface area contributed by atoms with Crippen molar-refractivity contribution < 1.29 is 9.52 Å². The fraction of sp³-hybridized carbons (Fsp3) is 0.0357. The molecule has 160 valence electrons. The van der Waals surface area contributed by atoms with Gasteiger partial charge >= 0.3 is 0 Å². The highest BCUT2D eigenvalue weighted by atomic mass is 16.5. The molecule has 5 heteroatoms. The van der Waals surface area contributed by atoms with Gasteiger partial charge < -0.3 is 10.5 Å². The second kappa shape index (κ2) is 8.93. The number of benzene rings is 3. The second-order valence-corrected chi connectivity index (χ2v) is 7.86. The molecule has 2 heterocycles. The summed E-state index contributed by atoms with van der Waals surface area (Å²) in [4.78, 5) is 17.2. The lowest BCUT2D eigenvalue weighted by Crippen LogP contribution is -2.23. The van der Waals surface area contributed by atoms with Crippen molar-refractivity contribution in [2.75, 3.05) is 5.32 Å². The summed E-state index contributed by atoms with van der Waals surface area (Å²) in [7, 11) is 0. The fourth-order valence-corrected chi connectivity index (χ4v) is 3.93. The molecule has 0 aliphatic carbocycles. The van der Waals surface area contributed by atoms with Gasteiger partial charge in [0.2, 0.25) is 0 Å². The number of aromatic nitrogens is 2. The number of hydrogen-bond donors (Lipinski definition) is 1. The Morgan fingerprint density at radius 1 is 0.848 bits per heavy atom. The number of rotatable bonds is 5. The van der Waals surface area contributed by atoms with E-state index in [9.17, 15) is 10.0 Å². The quantitative estimate of drug-likeness (QED) is 0.300. The van der Waals surface area contributed by atoms with Gasteiger partial charge in [0.15, 0.2) is 12.4 Å². The smallest absolute Gasteiger partial charge is 0.255 e. The fourth-order valence-electron chi connectivity index (χ4n) is 3.93. The predicted molar refractivity (Wildman–Crippen MR) is 130 cm³/mol. The van der Waals surface area contributed by atoms with Gasteiger partial charge in [-0.15, -0.1) is 0 Å². The highest BCUT2D eigenvalue weighted by molar-refractivity contribution is 6.04. The Hall–Kier alpha value is -4.51. The first-order chi connectivity index (χ1) is 16.2. The maximum Gasteiger partial charge on any atom is 0.255 e. The minimum atomic E-state index is -0.149. The molecule has 5 nitrogen and oxygen atoms in total. The lowest BCUT2D eigenvalue weighted by atomic mass is 9.96. The van der Waals surface area contributed by atoms with Gasteiger partial charge in [0.05, 0.1) is 5.52 Å². The SMILES string of the molecule is O=C(Nc1cccc(-c2cc(Cc3cc[n+]([O-])cc3)cc3cccnc23)c1)c1ccccc1. The Bertz CT molecular complexity index is 1430. The number of carbonyl (C=O) groups excluding carboxylic acids is 1. The van der Waals surface area contributed by atoms with Crippen molar-refractivity contribution in [2.24, 2.45) is 0 Å². The summed E-state index contributed by atoms with van der Waals surface area (Å²) in [6.07, 6.45) is 5.51. The number of anilines is 1. The Kier molecular flexibility index (Phi) is 5.52. The standard InChI is InChI=1S/C28H21N3O2/c32-28(22-6-2-1-3-7-22)30-25-10-4-8-23(19-25)26-18-21(16-20-11-14-31(33)15-12-20)17-24-9-5-13-29-27(24)26/h1-15,17-19H,16H2,(H,30,32). The molecule has 1 amide bonds. The van der Waals surface area contributed by atoms with E-state index in [4.69, 9.17) is 0 Å². The summed E-state index contributed by atoms with van der Waals surface area (Å²) >= 11 is 0. The molecule has 5 aromatic rings. The summed E-state index contributed by atoms with van der Waals surface area (Å²) in [5, 5.41) is 15.4. The monoisotopic (exact) mass is 431 g/mol. The maximum atomic E-state index is 12.6. The van der Waals surface area contributed by atoms with Crippen LogP contribution in [0.25, 0.3) is 22.0 Å². The lowest BCUT2D eigenvalue weighted by Gasteiger charge is -2.12. The normalized spacial score (nSPS) is 10.8. The number of amides is 1. The number of carbonyl (C=O) groups is 1.